The molecule has 0 amide bonds. The number of anilines is 1. The fraction of sp³-hybridized carbons (Fsp3) is 0.533. The van der Waals surface area contributed by atoms with E-state index >= 15 is 0 Å². The van der Waals surface area contributed by atoms with Crippen molar-refractivity contribution in [3.05, 3.63) is 28.2 Å². The lowest BCUT2D eigenvalue weighted by atomic mass is 10.0. The molecule has 1 saturated heterocycles. The monoisotopic (exact) mass is 321 g/mol. The van der Waals surface area contributed by atoms with Crippen molar-refractivity contribution in [2.45, 2.75) is 32.4 Å². The van der Waals surface area contributed by atoms with E-state index in [-0.39, 0.29) is 0 Å². The lowest BCUT2D eigenvalue weighted by Crippen LogP contribution is -2.56. The van der Waals surface area contributed by atoms with Crippen molar-refractivity contribution in [3.63, 3.8) is 0 Å². The molecule has 1 aliphatic rings. The normalized spacial score (nSPS) is 24.3. The number of piperazine rings is 1. The summed E-state index contributed by atoms with van der Waals surface area (Å²) >= 11 is 3.54. The fourth-order valence-corrected chi connectivity index (χ4v) is 2.86. The van der Waals surface area contributed by atoms with Gasteiger partial charge in [-0.1, -0.05) is 15.9 Å². The van der Waals surface area contributed by atoms with E-state index in [9.17, 15) is 0 Å². The smallest absolute Gasteiger partial charge is 0.0638 e. The Balaban J connectivity index is 2.20. The Kier molecular flexibility index (Phi) is 4.49. The highest BCUT2D eigenvalue weighted by molar-refractivity contribution is 9.10. The molecule has 1 fully saturated rings. The molecular formula is C15H20BrN3. The molecule has 1 aromatic carbocycles. The van der Waals surface area contributed by atoms with Gasteiger partial charge in [-0.05, 0) is 44.7 Å². The number of rotatable bonds is 2. The molecule has 1 aromatic rings. The van der Waals surface area contributed by atoms with Gasteiger partial charge < -0.3 is 4.90 Å². The highest BCUT2D eigenvalue weighted by Crippen LogP contribution is 2.26. The van der Waals surface area contributed by atoms with Crippen molar-refractivity contribution < 1.29 is 0 Å². The van der Waals surface area contributed by atoms with E-state index in [1.165, 1.54) is 11.3 Å². The second-order valence-electron chi connectivity index (χ2n) is 5.37. The lowest BCUT2D eigenvalue weighted by Gasteiger charge is -2.44. The summed E-state index contributed by atoms with van der Waals surface area (Å²) in [5.41, 5.74) is 2.50. The van der Waals surface area contributed by atoms with Crippen molar-refractivity contribution in [2.75, 3.05) is 25.0 Å². The van der Waals surface area contributed by atoms with Gasteiger partial charge in [-0.3, -0.25) is 4.90 Å². The molecule has 0 aliphatic carbocycles. The molecular weight excluding hydrogens is 302 g/mol. The molecule has 0 spiro atoms. The third kappa shape index (κ3) is 3.10. The van der Waals surface area contributed by atoms with E-state index in [4.69, 9.17) is 5.26 Å². The zero-order valence-corrected chi connectivity index (χ0v) is 13.3. The Bertz CT molecular complexity index is 495. The van der Waals surface area contributed by atoms with E-state index in [0.29, 0.717) is 18.5 Å². The van der Waals surface area contributed by atoms with Crippen molar-refractivity contribution in [3.8, 4) is 6.07 Å². The highest BCUT2D eigenvalue weighted by atomic mass is 79.9. The Morgan fingerprint density at radius 2 is 2.16 bits per heavy atom. The van der Waals surface area contributed by atoms with E-state index in [1.807, 2.05) is 0 Å². The molecule has 2 unspecified atom stereocenters. The molecule has 0 saturated carbocycles. The van der Waals surface area contributed by atoms with Gasteiger partial charge in [-0.15, -0.1) is 0 Å². The van der Waals surface area contributed by atoms with Crippen molar-refractivity contribution in [1.82, 2.24) is 4.90 Å². The summed E-state index contributed by atoms with van der Waals surface area (Å²) in [6.07, 6.45) is 0.590. The number of hydrogen-bond donors (Lipinski definition) is 0. The van der Waals surface area contributed by atoms with Gasteiger partial charge >= 0.3 is 0 Å². The quantitative estimate of drug-likeness (QED) is 0.838. The molecule has 0 bridgehead atoms. The van der Waals surface area contributed by atoms with Crippen molar-refractivity contribution in [1.29, 1.82) is 5.26 Å². The molecule has 2 atom stereocenters. The minimum Gasteiger partial charge on any atom is -0.368 e. The van der Waals surface area contributed by atoms with Crippen molar-refractivity contribution >= 4 is 21.6 Å². The number of aryl methyl sites for hydroxylation is 1. The molecule has 0 radical (unpaired) electrons. The van der Waals surface area contributed by atoms with Crippen molar-refractivity contribution in [2.24, 2.45) is 0 Å². The Labute approximate surface area is 123 Å². The molecule has 19 heavy (non-hydrogen) atoms. The summed E-state index contributed by atoms with van der Waals surface area (Å²) in [5, 5.41) is 8.96. The molecule has 1 aliphatic heterocycles. The number of hydrogen-bond acceptors (Lipinski definition) is 3. The first kappa shape index (κ1) is 14.4. The number of benzene rings is 1. The van der Waals surface area contributed by atoms with Gasteiger partial charge in [0.25, 0.3) is 0 Å². The first-order valence-electron chi connectivity index (χ1n) is 6.63. The first-order valence-corrected chi connectivity index (χ1v) is 7.42. The van der Waals surface area contributed by atoms with Crippen LogP contribution >= 0.6 is 15.9 Å². The van der Waals surface area contributed by atoms with E-state index in [2.05, 4.69) is 70.9 Å². The molecule has 1 heterocycles. The van der Waals surface area contributed by atoms with Gasteiger partial charge in [0.1, 0.15) is 0 Å². The second-order valence-corrected chi connectivity index (χ2v) is 6.22. The standard InChI is InChI=1S/C15H20BrN3/c1-11-8-13(4-5-15(11)16)19-9-12(2)18(3)14(10-19)6-7-17/h4-5,8,12,14H,6,9-10H2,1-3H3. The maximum Gasteiger partial charge on any atom is 0.0638 e. The fourth-order valence-electron chi connectivity index (χ4n) is 2.62. The van der Waals surface area contributed by atoms with Crippen LogP contribution in [0, 0.1) is 18.3 Å². The molecule has 3 nitrogen and oxygen atoms in total. The van der Waals surface area contributed by atoms with E-state index in [0.717, 1.165) is 17.6 Å². The van der Waals surface area contributed by atoms with Gasteiger partial charge in [-0.25, -0.2) is 0 Å². The molecule has 0 aromatic heterocycles. The van der Waals surface area contributed by atoms with Crippen LogP contribution in [0.2, 0.25) is 0 Å². The second kappa shape index (κ2) is 5.94. The zero-order valence-electron chi connectivity index (χ0n) is 11.7. The average molecular weight is 322 g/mol. The maximum absolute atomic E-state index is 8.96. The summed E-state index contributed by atoms with van der Waals surface area (Å²) in [4.78, 5) is 4.72. The van der Waals surface area contributed by atoms with Crippen LogP contribution < -0.4 is 4.90 Å². The minimum atomic E-state index is 0.317. The Hall–Kier alpha value is -1.05. The van der Waals surface area contributed by atoms with Crippen LogP contribution in [-0.2, 0) is 0 Å². The molecule has 0 N–H and O–H groups in total. The van der Waals surface area contributed by atoms with Gasteiger partial charge in [0.15, 0.2) is 0 Å². The van der Waals surface area contributed by atoms with Crippen LogP contribution in [0.5, 0.6) is 0 Å². The first-order chi connectivity index (χ1) is 9.02. The van der Waals surface area contributed by atoms with Gasteiger partial charge in [0, 0.05) is 35.3 Å². The summed E-state index contributed by atoms with van der Waals surface area (Å²) < 4.78 is 1.15. The predicted molar refractivity (Wildman–Crippen MR) is 82.3 cm³/mol. The summed E-state index contributed by atoms with van der Waals surface area (Å²) in [5.74, 6) is 0. The third-order valence-electron chi connectivity index (χ3n) is 4.02. The topological polar surface area (TPSA) is 30.3 Å². The Morgan fingerprint density at radius 1 is 1.42 bits per heavy atom. The highest BCUT2D eigenvalue weighted by Gasteiger charge is 2.29. The van der Waals surface area contributed by atoms with Crippen LogP contribution in [0.25, 0.3) is 0 Å². The van der Waals surface area contributed by atoms with Gasteiger partial charge in [0.05, 0.1) is 12.5 Å². The van der Waals surface area contributed by atoms with Crippen LogP contribution in [0.1, 0.15) is 18.9 Å². The average Bonchev–Trinajstić information content (AvgIpc) is 2.38. The van der Waals surface area contributed by atoms with Gasteiger partial charge in [-0.2, -0.15) is 5.26 Å². The summed E-state index contributed by atoms with van der Waals surface area (Å²) in [6.45, 7) is 6.27. The largest absolute Gasteiger partial charge is 0.368 e. The van der Waals surface area contributed by atoms with Crippen LogP contribution in [0.4, 0.5) is 5.69 Å². The number of nitriles is 1. The number of halogens is 1. The van der Waals surface area contributed by atoms with E-state index < -0.39 is 0 Å². The molecule has 102 valence electrons. The number of likely N-dealkylation sites (N-methyl/N-ethyl adjacent to an activating group) is 1. The van der Waals surface area contributed by atoms with Crippen LogP contribution in [0.3, 0.4) is 0 Å². The predicted octanol–water partition coefficient (Wildman–Crippen LogP) is 3.18. The lowest BCUT2D eigenvalue weighted by molar-refractivity contribution is 0.160. The van der Waals surface area contributed by atoms with E-state index in [1.54, 1.807) is 0 Å². The SMILES string of the molecule is Cc1cc(N2CC(C)N(C)C(CC#N)C2)ccc1Br. The molecule has 2 rings (SSSR count). The number of nitrogens with zero attached hydrogens (tertiary/aromatic N) is 3. The third-order valence-corrected chi connectivity index (χ3v) is 4.91. The van der Waals surface area contributed by atoms with Crippen LogP contribution in [-0.4, -0.2) is 37.1 Å². The maximum atomic E-state index is 8.96. The summed E-state index contributed by atoms with van der Waals surface area (Å²) in [7, 11) is 2.12. The van der Waals surface area contributed by atoms with Gasteiger partial charge in [0.2, 0.25) is 0 Å². The van der Waals surface area contributed by atoms with Crippen LogP contribution in [0.15, 0.2) is 22.7 Å². The summed E-state index contributed by atoms with van der Waals surface area (Å²) in [6, 6.07) is 9.56. The molecule has 4 heteroatoms. The minimum absolute atomic E-state index is 0.317. The Morgan fingerprint density at radius 3 is 2.79 bits per heavy atom. The zero-order chi connectivity index (χ0) is 14.0.